The predicted octanol–water partition coefficient (Wildman–Crippen LogP) is 4.14. The van der Waals surface area contributed by atoms with Crippen molar-refractivity contribution in [2.24, 2.45) is 0 Å². The molecule has 2 aromatic carbocycles. The number of nitrogens with one attached hydrogen (secondary N) is 1. The number of ether oxygens (including phenoxy) is 2. The second-order valence-corrected chi connectivity index (χ2v) is 11.7. The van der Waals surface area contributed by atoms with E-state index in [-0.39, 0.29) is 23.8 Å². The normalized spacial score (nSPS) is 15.2. The molecule has 3 aromatic rings. The largest absolute Gasteiger partial charge is 0.493 e. The fraction of sp³-hybridized carbons (Fsp3) is 0.385. The summed E-state index contributed by atoms with van der Waals surface area (Å²) in [7, 11) is -3.55. The Hall–Kier alpha value is -3.37. The second-order valence-electron chi connectivity index (χ2n) is 9.61. The number of carbonyl (C=O) groups is 1. The number of benzene rings is 2. The molecule has 0 unspecified atom stereocenters. The van der Waals surface area contributed by atoms with Crippen molar-refractivity contribution in [3.8, 4) is 5.75 Å². The Balaban J connectivity index is 1.68. The van der Waals surface area contributed by atoms with Gasteiger partial charge in [0.15, 0.2) is 9.84 Å². The highest BCUT2D eigenvalue weighted by Crippen LogP contribution is 2.32. The average molecular weight is 514 g/mol. The zero-order chi connectivity index (χ0) is 25.9. The molecule has 0 aliphatic carbocycles. The van der Waals surface area contributed by atoms with Gasteiger partial charge in [0.2, 0.25) is 0 Å². The van der Waals surface area contributed by atoms with E-state index in [1.54, 1.807) is 45.0 Å². The van der Waals surface area contributed by atoms with Crippen LogP contribution in [0.5, 0.6) is 5.75 Å². The molecule has 0 spiro atoms. The lowest BCUT2D eigenvalue weighted by Gasteiger charge is -2.24. The summed E-state index contributed by atoms with van der Waals surface area (Å²) >= 11 is 0. The summed E-state index contributed by atoms with van der Waals surface area (Å²) in [5.74, 6) is 0.904. The van der Waals surface area contributed by atoms with E-state index in [1.165, 1.54) is 0 Å². The number of anilines is 2. The van der Waals surface area contributed by atoms with Gasteiger partial charge in [0.25, 0.3) is 0 Å². The predicted molar refractivity (Wildman–Crippen MR) is 138 cm³/mol. The molecule has 10 heteroatoms. The molecule has 4 rings (SSSR count). The van der Waals surface area contributed by atoms with Crippen molar-refractivity contribution < 1.29 is 27.8 Å². The van der Waals surface area contributed by atoms with Gasteiger partial charge in [0.1, 0.15) is 17.2 Å². The zero-order valence-electron chi connectivity index (χ0n) is 20.7. The highest BCUT2D eigenvalue weighted by molar-refractivity contribution is 7.91. The lowest BCUT2D eigenvalue weighted by molar-refractivity contribution is 0.0636. The number of pyridine rings is 1. The molecule has 9 nitrogen and oxygen atoms in total. The minimum atomic E-state index is -3.55. The van der Waals surface area contributed by atoms with E-state index in [0.29, 0.717) is 47.9 Å². The second kappa shape index (κ2) is 10.3. The number of rotatable bonds is 6. The monoisotopic (exact) mass is 513 g/mol. The quantitative estimate of drug-likeness (QED) is 0.472. The van der Waals surface area contributed by atoms with E-state index in [2.05, 4.69) is 5.32 Å². The summed E-state index contributed by atoms with van der Waals surface area (Å²) in [6.07, 6.45) is -0.118. The van der Waals surface area contributed by atoms with Crippen LogP contribution < -0.4 is 15.0 Å². The highest BCUT2D eigenvalue weighted by atomic mass is 32.2. The maximum absolute atomic E-state index is 13.1. The van der Waals surface area contributed by atoms with Crippen LogP contribution in [0.15, 0.2) is 53.4 Å². The molecule has 0 atom stereocenters. The van der Waals surface area contributed by atoms with Gasteiger partial charge in [-0.25, -0.2) is 18.2 Å². The number of aliphatic hydroxyl groups excluding tert-OH is 1. The molecule has 2 heterocycles. The van der Waals surface area contributed by atoms with E-state index in [9.17, 15) is 13.2 Å². The summed E-state index contributed by atoms with van der Waals surface area (Å²) in [5, 5.41) is 12.5. The molecule has 0 saturated carbocycles. The third kappa shape index (κ3) is 6.06. The maximum atomic E-state index is 13.1. The number of sulfone groups is 1. The summed E-state index contributed by atoms with van der Waals surface area (Å²) in [5.41, 5.74) is 1.18. The van der Waals surface area contributed by atoms with Gasteiger partial charge >= 0.3 is 6.09 Å². The first-order valence-corrected chi connectivity index (χ1v) is 13.4. The number of aromatic nitrogens is 1. The van der Waals surface area contributed by atoms with Crippen LogP contribution in [0.4, 0.5) is 16.3 Å². The Kier molecular flexibility index (Phi) is 7.37. The van der Waals surface area contributed by atoms with Gasteiger partial charge < -0.3 is 19.5 Å². The van der Waals surface area contributed by atoms with Crippen LogP contribution in [0, 0.1) is 0 Å². The van der Waals surface area contributed by atoms with E-state index in [4.69, 9.17) is 19.6 Å². The number of nitrogens with zero attached hydrogens (tertiary/aromatic N) is 2. The SMILES string of the molecule is CC(C)(C)OC(=O)Nc1cc(N2CCS(=O)(=O)c3cc(OCCCO)ccc3C2)nc2ccccc12. The van der Waals surface area contributed by atoms with Gasteiger partial charge in [-0.05, 0) is 44.5 Å². The zero-order valence-corrected chi connectivity index (χ0v) is 21.5. The van der Waals surface area contributed by atoms with Crippen LogP contribution in [0.25, 0.3) is 10.9 Å². The molecular weight excluding hydrogens is 482 g/mol. The standard InChI is InChI=1S/C26H31N3O6S/c1-26(2,3)35-25(31)28-22-16-24(27-21-8-5-4-7-20(21)22)29-11-14-36(32,33)23-15-19(34-13-6-12-30)10-9-18(23)17-29/h4-5,7-10,15-16,30H,6,11-14,17H2,1-3H3,(H,27,28,31). The third-order valence-corrected chi connectivity index (χ3v) is 7.37. The van der Waals surface area contributed by atoms with Crippen LogP contribution in [-0.2, 0) is 21.1 Å². The first-order valence-electron chi connectivity index (χ1n) is 11.8. The molecule has 0 bridgehead atoms. The summed E-state index contributed by atoms with van der Waals surface area (Å²) in [6, 6.07) is 14.2. The Bertz CT molecular complexity index is 1370. The molecule has 36 heavy (non-hydrogen) atoms. The van der Waals surface area contributed by atoms with Crippen molar-refractivity contribution in [1.29, 1.82) is 0 Å². The first-order chi connectivity index (χ1) is 17.1. The lowest BCUT2D eigenvalue weighted by Crippen LogP contribution is -2.28. The van der Waals surface area contributed by atoms with E-state index in [1.807, 2.05) is 29.2 Å². The molecule has 0 fully saturated rings. The first kappa shape index (κ1) is 25.7. The maximum Gasteiger partial charge on any atom is 0.412 e. The third-order valence-electron chi connectivity index (χ3n) is 5.60. The van der Waals surface area contributed by atoms with Crippen LogP contribution in [-0.4, -0.2) is 55.7 Å². The van der Waals surface area contributed by atoms with Crippen LogP contribution >= 0.6 is 0 Å². The van der Waals surface area contributed by atoms with Gasteiger partial charge in [-0.15, -0.1) is 0 Å². The molecule has 2 N–H and O–H groups in total. The minimum absolute atomic E-state index is 0.00172. The number of amides is 1. The van der Waals surface area contributed by atoms with Gasteiger partial charge in [-0.1, -0.05) is 24.3 Å². The summed E-state index contributed by atoms with van der Waals surface area (Å²) in [6.45, 7) is 6.23. The van der Waals surface area contributed by atoms with Crippen molar-refractivity contribution in [2.45, 2.75) is 44.2 Å². The number of fused-ring (bicyclic) bond motifs is 2. The molecule has 1 aliphatic heterocycles. The Morgan fingerprint density at radius 3 is 2.69 bits per heavy atom. The van der Waals surface area contributed by atoms with E-state index in [0.717, 1.165) is 5.39 Å². The highest BCUT2D eigenvalue weighted by Gasteiger charge is 2.27. The fourth-order valence-electron chi connectivity index (χ4n) is 3.96. The smallest absolute Gasteiger partial charge is 0.412 e. The lowest BCUT2D eigenvalue weighted by atomic mass is 10.1. The van der Waals surface area contributed by atoms with Gasteiger partial charge in [0, 0.05) is 37.6 Å². The minimum Gasteiger partial charge on any atom is -0.493 e. The number of hydrogen-bond donors (Lipinski definition) is 2. The topological polar surface area (TPSA) is 118 Å². The average Bonchev–Trinajstić information content (AvgIpc) is 2.94. The van der Waals surface area contributed by atoms with E-state index < -0.39 is 21.5 Å². The van der Waals surface area contributed by atoms with Gasteiger partial charge in [-0.2, -0.15) is 0 Å². The molecule has 0 saturated heterocycles. The van der Waals surface area contributed by atoms with Crippen LogP contribution in [0.1, 0.15) is 32.8 Å². The van der Waals surface area contributed by atoms with Crippen molar-refractivity contribution in [3.63, 3.8) is 0 Å². The van der Waals surface area contributed by atoms with Crippen molar-refractivity contribution in [1.82, 2.24) is 4.98 Å². The molecule has 1 aromatic heterocycles. The molecule has 0 radical (unpaired) electrons. The Morgan fingerprint density at radius 1 is 1.17 bits per heavy atom. The Labute approximate surface area is 211 Å². The van der Waals surface area contributed by atoms with Crippen molar-refractivity contribution >= 4 is 38.3 Å². The number of para-hydroxylation sites is 1. The van der Waals surface area contributed by atoms with Crippen molar-refractivity contribution in [2.75, 3.05) is 35.7 Å². The fourth-order valence-corrected chi connectivity index (χ4v) is 5.47. The van der Waals surface area contributed by atoms with Crippen LogP contribution in [0.2, 0.25) is 0 Å². The Morgan fingerprint density at radius 2 is 1.94 bits per heavy atom. The molecule has 1 amide bonds. The number of carbonyl (C=O) groups excluding carboxylic acids is 1. The van der Waals surface area contributed by atoms with Crippen molar-refractivity contribution in [3.05, 3.63) is 54.1 Å². The summed E-state index contributed by atoms with van der Waals surface area (Å²) in [4.78, 5) is 19.4. The number of hydrogen-bond acceptors (Lipinski definition) is 8. The van der Waals surface area contributed by atoms with Crippen LogP contribution in [0.3, 0.4) is 0 Å². The van der Waals surface area contributed by atoms with Gasteiger partial charge in [-0.3, -0.25) is 5.32 Å². The molecule has 1 aliphatic rings. The van der Waals surface area contributed by atoms with Gasteiger partial charge in [0.05, 0.1) is 28.5 Å². The number of aliphatic hydroxyl groups is 1. The summed E-state index contributed by atoms with van der Waals surface area (Å²) < 4.78 is 37.2. The van der Waals surface area contributed by atoms with E-state index >= 15 is 0 Å². The molecule has 192 valence electrons. The molecular formula is C26H31N3O6S.